The molecule has 27 heavy (non-hydrogen) atoms. The lowest BCUT2D eigenvalue weighted by Crippen LogP contribution is -2.40. The summed E-state index contributed by atoms with van der Waals surface area (Å²) in [6.07, 6.45) is 2.32. The molecule has 0 saturated carbocycles. The van der Waals surface area contributed by atoms with Crippen molar-refractivity contribution in [3.05, 3.63) is 23.1 Å². The van der Waals surface area contributed by atoms with Crippen LogP contribution in [0.2, 0.25) is 5.15 Å². The van der Waals surface area contributed by atoms with Gasteiger partial charge in [0.15, 0.2) is 16.5 Å². The summed E-state index contributed by atoms with van der Waals surface area (Å²) in [4.78, 5) is 27.8. The molecule has 0 radical (unpaired) electrons. The number of carbonyl (C=O) groups is 2. The second-order valence-electron chi connectivity index (χ2n) is 6.80. The van der Waals surface area contributed by atoms with Crippen molar-refractivity contribution in [1.29, 1.82) is 0 Å². The number of hydrogen-bond donors (Lipinski definition) is 1. The van der Waals surface area contributed by atoms with Crippen molar-refractivity contribution in [2.45, 2.75) is 46.3 Å². The minimum Gasteiger partial charge on any atom is -0.487 e. The maximum Gasteiger partial charge on any atom is 0.407 e. The minimum atomic E-state index is -0.584. The maximum atomic E-state index is 11.9. The van der Waals surface area contributed by atoms with Crippen molar-refractivity contribution in [2.75, 3.05) is 13.2 Å². The number of nitrogens with zero attached hydrogens (tertiary/aromatic N) is 3. The van der Waals surface area contributed by atoms with Crippen LogP contribution in [0.15, 0.2) is 12.4 Å². The van der Waals surface area contributed by atoms with Crippen molar-refractivity contribution >= 4 is 29.3 Å². The highest BCUT2D eigenvalue weighted by molar-refractivity contribution is 6.31. The lowest BCUT2D eigenvalue weighted by atomic mass is 10.2. The Bertz CT molecular complexity index is 831. The maximum absolute atomic E-state index is 11.9. The van der Waals surface area contributed by atoms with E-state index in [-0.39, 0.29) is 41.4 Å². The average molecular weight is 399 g/mol. The van der Waals surface area contributed by atoms with Crippen LogP contribution in [0.5, 0.6) is 5.75 Å². The highest BCUT2D eigenvalue weighted by atomic mass is 35.5. The Morgan fingerprint density at radius 3 is 2.70 bits per heavy atom. The fourth-order valence-electron chi connectivity index (χ4n) is 2.09. The van der Waals surface area contributed by atoms with Crippen molar-refractivity contribution in [1.82, 2.24) is 19.9 Å². The van der Waals surface area contributed by atoms with Crippen molar-refractivity contribution in [3.63, 3.8) is 0 Å². The van der Waals surface area contributed by atoms with Gasteiger partial charge in [0.25, 0.3) is 0 Å². The van der Waals surface area contributed by atoms with Gasteiger partial charge in [0.2, 0.25) is 0 Å². The first kappa shape index (κ1) is 20.8. The van der Waals surface area contributed by atoms with E-state index in [1.165, 1.54) is 16.9 Å². The standard InChI is InChI=1S/C17H23ClN4O5/c1-6-25-15(23)11-7-19-22-8-12(13(18)21-14(11)22)26-9-10(2)20-16(24)27-17(3,4)5/h7-8,10H,6,9H2,1-5H3,(H,20,24). The number of fused-ring (bicyclic) bond motifs is 1. The van der Waals surface area contributed by atoms with Crippen LogP contribution in [0.4, 0.5) is 4.79 Å². The Kier molecular flexibility index (Phi) is 6.48. The molecule has 1 unspecified atom stereocenters. The molecule has 0 aliphatic rings. The van der Waals surface area contributed by atoms with E-state index in [0.717, 1.165) is 0 Å². The average Bonchev–Trinajstić information content (AvgIpc) is 2.93. The van der Waals surface area contributed by atoms with Gasteiger partial charge in [-0.15, -0.1) is 0 Å². The zero-order valence-electron chi connectivity index (χ0n) is 15.9. The van der Waals surface area contributed by atoms with Crippen molar-refractivity contribution in [2.24, 2.45) is 0 Å². The van der Waals surface area contributed by atoms with Gasteiger partial charge in [0, 0.05) is 0 Å². The Balaban J connectivity index is 2.04. The number of amides is 1. The molecule has 148 valence electrons. The summed E-state index contributed by atoms with van der Waals surface area (Å²) >= 11 is 6.15. The number of carbonyl (C=O) groups excluding carboxylic acids is 2. The van der Waals surface area contributed by atoms with Gasteiger partial charge in [-0.25, -0.2) is 19.1 Å². The predicted octanol–water partition coefficient (Wildman–Crippen LogP) is 2.85. The molecule has 9 nitrogen and oxygen atoms in total. The van der Waals surface area contributed by atoms with Gasteiger partial charge in [-0.05, 0) is 34.6 Å². The molecule has 2 heterocycles. The van der Waals surface area contributed by atoms with Crippen molar-refractivity contribution < 1.29 is 23.8 Å². The van der Waals surface area contributed by atoms with Gasteiger partial charge in [-0.2, -0.15) is 5.10 Å². The van der Waals surface area contributed by atoms with Crippen LogP contribution in [-0.4, -0.2) is 51.5 Å². The van der Waals surface area contributed by atoms with E-state index in [0.29, 0.717) is 0 Å². The fourth-order valence-corrected chi connectivity index (χ4v) is 2.27. The van der Waals surface area contributed by atoms with E-state index >= 15 is 0 Å². The number of hydrogen-bond acceptors (Lipinski definition) is 7. The lowest BCUT2D eigenvalue weighted by molar-refractivity contribution is 0.0491. The van der Waals surface area contributed by atoms with E-state index in [1.807, 2.05) is 0 Å². The first-order chi connectivity index (χ1) is 12.6. The molecule has 1 N–H and O–H groups in total. The van der Waals surface area contributed by atoms with Gasteiger partial charge in [0.1, 0.15) is 17.8 Å². The van der Waals surface area contributed by atoms with Gasteiger partial charge in [0.05, 0.1) is 25.0 Å². The van der Waals surface area contributed by atoms with Gasteiger partial charge >= 0.3 is 12.1 Å². The Labute approximate surface area is 161 Å². The van der Waals surface area contributed by atoms with Crippen LogP contribution in [0.1, 0.15) is 45.0 Å². The highest BCUT2D eigenvalue weighted by Gasteiger charge is 2.20. The SMILES string of the molecule is CCOC(=O)c1cnn2cc(OCC(C)NC(=O)OC(C)(C)C)c(Cl)nc12. The molecule has 2 aromatic rings. The van der Waals surface area contributed by atoms with Crippen molar-refractivity contribution in [3.8, 4) is 5.75 Å². The first-order valence-electron chi connectivity index (χ1n) is 8.44. The van der Waals surface area contributed by atoms with Crippen LogP contribution in [-0.2, 0) is 9.47 Å². The molecule has 0 aliphatic heterocycles. The summed E-state index contributed by atoms with van der Waals surface area (Å²) in [7, 11) is 0. The van der Waals surface area contributed by atoms with Crippen LogP contribution >= 0.6 is 11.6 Å². The second kappa shape index (κ2) is 8.43. The Hall–Kier alpha value is -2.55. The summed E-state index contributed by atoms with van der Waals surface area (Å²) in [6.45, 7) is 9.19. The Morgan fingerprint density at radius 2 is 2.07 bits per heavy atom. The predicted molar refractivity (Wildman–Crippen MR) is 98.3 cm³/mol. The number of nitrogens with one attached hydrogen (secondary N) is 1. The minimum absolute atomic E-state index is 0.0676. The molecular formula is C17H23ClN4O5. The number of halogens is 1. The Morgan fingerprint density at radius 1 is 1.37 bits per heavy atom. The van der Waals surface area contributed by atoms with Crippen LogP contribution in [0.3, 0.4) is 0 Å². The van der Waals surface area contributed by atoms with E-state index in [9.17, 15) is 9.59 Å². The van der Waals surface area contributed by atoms with E-state index < -0.39 is 17.7 Å². The van der Waals surface area contributed by atoms with E-state index in [2.05, 4.69) is 15.4 Å². The zero-order valence-corrected chi connectivity index (χ0v) is 16.7. The van der Waals surface area contributed by atoms with E-state index in [1.54, 1.807) is 34.6 Å². The first-order valence-corrected chi connectivity index (χ1v) is 8.81. The third kappa shape index (κ3) is 5.72. The molecule has 0 spiro atoms. The summed E-state index contributed by atoms with van der Waals surface area (Å²) in [5, 5.41) is 6.80. The largest absolute Gasteiger partial charge is 0.487 e. The molecule has 2 rings (SSSR count). The number of aromatic nitrogens is 3. The zero-order chi connectivity index (χ0) is 20.2. The number of ether oxygens (including phenoxy) is 3. The highest BCUT2D eigenvalue weighted by Crippen LogP contribution is 2.24. The number of esters is 1. The normalized spacial score (nSPS) is 12.5. The topological polar surface area (TPSA) is 104 Å². The summed E-state index contributed by atoms with van der Waals surface area (Å²) < 4.78 is 17.1. The molecule has 0 bridgehead atoms. The monoisotopic (exact) mass is 398 g/mol. The van der Waals surface area contributed by atoms with Gasteiger partial charge < -0.3 is 19.5 Å². The lowest BCUT2D eigenvalue weighted by Gasteiger charge is -2.22. The molecule has 1 atom stereocenters. The number of rotatable bonds is 6. The molecule has 2 aromatic heterocycles. The summed E-state index contributed by atoms with van der Waals surface area (Å²) in [6, 6.07) is -0.334. The van der Waals surface area contributed by atoms with Crippen LogP contribution in [0, 0.1) is 0 Å². The third-order valence-corrected chi connectivity index (χ3v) is 3.43. The number of alkyl carbamates (subject to hydrolysis) is 1. The van der Waals surface area contributed by atoms with Gasteiger partial charge in [-0.3, -0.25) is 0 Å². The third-order valence-electron chi connectivity index (χ3n) is 3.16. The van der Waals surface area contributed by atoms with Crippen LogP contribution in [0.25, 0.3) is 5.65 Å². The molecular weight excluding hydrogens is 376 g/mol. The second-order valence-corrected chi connectivity index (χ2v) is 7.16. The molecule has 0 fully saturated rings. The van der Waals surface area contributed by atoms with E-state index in [4.69, 9.17) is 25.8 Å². The fraction of sp³-hybridized carbons (Fsp3) is 0.529. The quantitative estimate of drug-likeness (QED) is 0.589. The molecule has 10 heteroatoms. The molecule has 0 aromatic carbocycles. The molecule has 1 amide bonds. The molecule has 0 saturated heterocycles. The summed E-state index contributed by atoms with van der Waals surface area (Å²) in [5.74, 6) is -0.263. The molecule has 0 aliphatic carbocycles. The smallest absolute Gasteiger partial charge is 0.407 e. The van der Waals surface area contributed by atoms with Crippen LogP contribution < -0.4 is 10.1 Å². The van der Waals surface area contributed by atoms with Gasteiger partial charge in [-0.1, -0.05) is 11.6 Å². The summed E-state index contributed by atoms with van der Waals surface area (Å²) in [5.41, 5.74) is -0.101.